The summed E-state index contributed by atoms with van der Waals surface area (Å²) < 4.78 is 18.7. The minimum absolute atomic E-state index is 0.148. The molecule has 0 fully saturated rings. The number of urea groups is 1. The van der Waals surface area contributed by atoms with Crippen molar-refractivity contribution in [2.45, 2.75) is 19.9 Å². The van der Waals surface area contributed by atoms with E-state index in [-0.39, 0.29) is 23.8 Å². The number of carbonyl (C=O) groups is 2. The first kappa shape index (κ1) is 15.8. The van der Waals surface area contributed by atoms with Crippen molar-refractivity contribution >= 4 is 22.9 Å². The molecule has 7 heteroatoms. The number of hydrogen-bond donors (Lipinski definition) is 3. The van der Waals surface area contributed by atoms with Crippen molar-refractivity contribution < 1.29 is 18.4 Å². The molecule has 1 aromatic carbocycles. The summed E-state index contributed by atoms with van der Waals surface area (Å²) in [5.41, 5.74) is 0.566. The molecule has 0 aliphatic rings. The van der Waals surface area contributed by atoms with Crippen LogP contribution in [0.5, 0.6) is 0 Å². The second-order valence-electron chi connectivity index (χ2n) is 4.94. The number of halogens is 1. The van der Waals surface area contributed by atoms with E-state index in [1.54, 1.807) is 19.1 Å². The molecule has 2 rings (SSSR count). The monoisotopic (exact) mass is 307 g/mol. The molecule has 0 radical (unpaired) electrons. The van der Waals surface area contributed by atoms with Gasteiger partial charge in [0.1, 0.15) is 17.2 Å². The highest BCUT2D eigenvalue weighted by Gasteiger charge is 2.14. The number of nitrogens with one attached hydrogen (secondary N) is 3. The van der Waals surface area contributed by atoms with Crippen molar-refractivity contribution in [1.29, 1.82) is 0 Å². The Kier molecular flexibility index (Phi) is 4.98. The number of amides is 3. The van der Waals surface area contributed by atoms with Crippen LogP contribution in [0.25, 0.3) is 11.0 Å². The van der Waals surface area contributed by atoms with Gasteiger partial charge in [0.25, 0.3) is 0 Å². The van der Waals surface area contributed by atoms with Gasteiger partial charge in [0, 0.05) is 25.4 Å². The molecule has 0 bridgehead atoms. The van der Waals surface area contributed by atoms with Crippen LogP contribution in [-0.4, -0.2) is 25.0 Å². The summed E-state index contributed by atoms with van der Waals surface area (Å²) in [6, 6.07) is 5.21. The third kappa shape index (κ3) is 4.21. The largest absolute Gasteiger partial charge is 0.459 e. The fourth-order valence-electron chi connectivity index (χ4n) is 1.98. The molecule has 2 aromatic rings. The average Bonchev–Trinajstić information content (AvgIpc) is 2.86. The van der Waals surface area contributed by atoms with Gasteiger partial charge in [-0.05, 0) is 31.2 Å². The van der Waals surface area contributed by atoms with Gasteiger partial charge in [-0.25, -0.2) is 9.18 Å². The smallest absolute Gasteiger partial charge is 0.315 e. The van der Waals surface area contributed by atoms with Crippen LogP contribution >= 0.6 is 0 Å². The molecule has 3 amide bonds. The maximum atomic E-state index is 13.1. The minimum Gasteiger partial charge on any atom is -0.459 e. The minimum atomic E-state index is -0.371. The van der Waals surface area contributed by atoms with E-state index in [9.17, 15) is 14.0 Å². The van der Waals surface area contributed by atoms with Gasteiger partial charge in [-0.2, -0.15) is 0 Å². The number of benzene rings is 1. The SMILES string of the molecule is CC(=O)NCCNC(=O)N[C@H](C)c1cc2cc(F)ccc2o1. The molecule has 0 unspecified atom stereocenters. The lowest BCUT2D eigenvalue weighted by molar-refractivity contribution is -0.118. The lowest BCUT2D eigenvalue weighted by Gasteiger charge is -2.12. The third-order valence-electron chi connectivity index (χ3n) is 3.06. The van der Waals surface area contributed by atoms with Crippen LogP contribution in [0.4, 0.5) is 9.18 Å². The van der Waals surface area contributed by atoms with Crippen LogP contribution in [0.2, 0.25) is 0 Å². The molecule has 0 aliphatic carbocycles. The Balaban J connectivity index is 1.88. The highest BCUT2D eigenvalue weighted by atomic mass is 19.1. The van der Waals surface area contributed by atoms with Gasteiger partial charge in [0.05, 0.1) is 6.04 Å². The Morgan fingerprint density at radius 2 is 1.95 bits per heavy atom. The van der Waals surface area contributed by atoms with Gasteiger partial charge >= 0.3 is 6.03 Å². The average molecular weight is 307 g/mol. The zero-order valence-electron chi connectivity index (χ0n) is 12.4. The molecule has 0 saturated carbocycles. The maximum absolute atomic E-state index is 13.1. The van der Waals surface area contributed by atoms with Gasteiger partial charge in [-0.1, -0.05) is 0 Å². The van der Waals surface area contributed by atoms with Crippen molar-refractivity contribution in [2.24, 2.45) is 0 Å². The Bertz CT molecular complexity index is 684. The summed E-state index contributed by atoms with van der Waals surface area (Å²) in [5, 5.41) is 8.55. The van der Waals surface area contributed by atoms with Crippen LogP contribution in [0.1, 0.15) is 25.6 Å². The maximum Gasteiger partial charge on any atom is 0.315 e. The summed E-state index contributed by atoms with van der Waals surface area (Å²) in [7, 11) is 0. The Hall–Kier alpha value is -2.57. The van der Waals surface area contributed by atoms with Gasteiger partial charge < -0.3 is 20.4 Å². The van der Waals surface area contributed by atoms with Gasteiger partial charge in [0.15, 0.2) is 0 Å². The second-order valence-corrected chi connectivity index (χ2v) is 4.94. The number of furan rings is 1. The molecule has 1 heterocycles. The Labute approximate surface area is 127 Å². The van der Waals surface area contributed by atoms with Gasteiger partial charge in [0.2, 0.25) is 5.91 Å². The van der Waals surface area contributed by atoms with E-state index in [4.69, 9.17) is 4.42 Å². The van der Waals surface area contributed by atoms with Crippen LogP contribution in [0, 0.1) is 5.82 Å². The first-order valence-electron chi connectivity index (χ1n) is 6.93. The van der Waals surface area contributed by atoms with Crippen molar-refractivity contribution in [3.05, 3.63) is 35.8 Å². The van der Waals surface area contributed by atoms with Crippen molar-refractivity contribution in [3.63, 3.8) is 0 Å². The second kappa shape index (κ2) is 6.93. The summed E-state index contributed by atoms with van der Waals surface area (Å²) in [6.45, 7) is 3.86. The van der Waals surface area contributed by atoms with E-state index >= 15 is 0 Å². The molecule has 6 nitrogen and oxygen atoms in total. The zero-order valence-corrected chi connectivity index (χ0v) is 12.4. The van der Waals surface area contributed by atoms with E-state index in [0.29, 0.717) is 29.8 Å². The van der Waals surface area contributed by atoms with Gasteiger partial charge in [-0.15, -0.1) is 0 Å². The molecule has 118 valence electrons. The van der Waals surface area contributed by atoms with E-state index in [1.807, 2.05) is 0 Å². The Morgan fingerprint density at radius 3 is 2.68 bits per heavy atom. The fraction of sp³-hybridized carbons (Fsp3) is 0.333. The van der Waals surface area contributed by atoms with E-state index in [1.165, 1.54) is 19.1 Å². The predicted octanol–water partition coefficient (Wildman–Crippen LogP) is 2.07. The topological polar surface area (TPSA) is 83.4 Å². The zero-order chi connectivity index (χ0) is 16.1. The predicted molar refractivity (Wildman–Crippen MR) is 79.8 cm³/mol. The number of rotatable bonds is 5. The summed E-state index contributed by atoms with van der Waals surface area (Å²) in [5.74, 6) is 0.0545. The highest BCUT2D eigenvalue weighted by Crippen LogP contribution is 2.24. The molecule has 0 spiro atoms. The van der Waals surface area contributed by atoms with E-state index < -0.39 is 0 Å². The van der Waals surface area contributed by atoms with Crippen LogP contribution in [-0.2, 0) is 4.79 Å². The molecule has 0 aliphatic heterocycles. The van der Waals surface area contributed by atoms with Crippen LogP contribution in [0.3, 0.4) is 0 Å². The lowest BCUT2D eigenvalue weighted by atomic mass is 10.2. The number of fused-ring (bicyclic) bond motifs is 1. The van der Waals surface area contributed by atoms with Crippen molar-refractivity contribution in [1.82, 2.24) is 16.0 Å². The summed E-state index contributed by atoms with van der Waals surface area (Å²) >= 11 is 0. The molecule has 22 heavy (non-hydrogen) atoms. The Morgan fingerprint density at radius 1 is 1.23 bits per heavy atom. The normalized spacial score (nSPS) is 12.0. The highest BCUT2D eigenvalue weighted by molar-refractivity contribution is 5.79. The fourth-order valence-corrected chi connectivity index (χ4v) is 1.98. The van der Waals surface area contributed by atoms with Crippen LogP contribution < -0.4 is 16.0 Å². The summed E-state index contributed by atoms with van der Waals surface area (Å²) in [6.07, 6.45) is 0. The van der Waals surface area contributed by atoms with Crippen molar-refractivity contribution in [3.8, 4) is 0 Å². The number of hydrogen-bond acceptors (Lipinski definition) is 3. The molecule has 1 aromatic heterocycles. The molecule has 3 N–H and O–H groups in total. The van der Waals surface area contributed by atoms with E-state index in [2.05, 4.69) is 16.0 Å². The molecule has 1 atom stereocenters. The third-order valence-corrected chi connectivity index (χ3v) is 3.06. The molecule has 0 saturated heterocycles. The first-order valence-corrected chi connectivity index (χ1v) is 6.93. The quantitative estimate of drug-likeness (QED) is 0.739. The van der Waals surface area contributed by atoms with Crippen LogP contribution in [0.15, 0.2) is 28.7 Å². The van der Waals surface area contributed by atoms with Gasteiger partial charge in [-0.3, -0.25) is 4.79 Å². The first-order chi connectivity index (χ1) is 10.5. The standard InChI is InChI=1S/C15H18FN3O3/c1-9(19-15(21)18-6-5-17-10(2)20)14-8-11-7-12(16)3-4-13(11)22-14/h3-4,7-9H,5-6H2,1-2H3,(H,17,20)(H2,18,19,21)/t9-/m1/s1. The summed E-state index contributed by atoms with van der Waals surface area (Å²) in [4.78, 5) is 22.4. The molecular formula is C15H18FN3O3. The number of carbonyl (C=O) groups excluding carboxylic acids is 2. The van der Waals surface area contributed by atoms with Crippen molar-refractivity contribution in [2.75, 3.05) is 13.1 Å². The van der Waals surface area contributed by atoms with E-state index in [0.717, 1.165) is 0 Å². The molecular weight excluding hydrogens is 289 g/mol. The lowest BCUT2D eigenvalue weighted by Crippen LogP contribution is -2.40.